The van der Waals surface area contributed by atoms with Crippen LogP contribution < -0.4 is 14.9 Å². The van der Waals surface area contributed by atoms with Crippen molar-refractivity contribution >= 4 is 28.3 Å². The van der Waals surface area contributed by atoms with Gasteiger partial charge in [-0.3, -0.25) is 4.72 Å². The molecule has 1 aliphatic heterocycles. The van der Waals surface area contributed by atoms with E-state index in [1.54, 1.807) is 12.1 Å². The summed E-state index contributed by atoms with van der Waals surface area (Å²) >= 11 is 0. The molecule has 1 heterocycles. The highest BCUT2D eigenvalue weighted by molar-refractivity contribution is 7.93. The number of benzene rings is 1. The highest BCUT2D eigenvalue weighted by Crippen LogP contribution is 2.38. The molecule has 8 heteroatoms. The standard InChI is InChI=1S/C22H34BNO5S/c1-21(2)22(3,4)29-23(28-21)19-14-17(24-30(25,26)18-11-12-18)10-13-20(19)27-15-16-8-6-5-7-9-16/h10,13-14,16,18,24H,5-9,11-12,15H2,1-4H3. The summed E-state index contributed by atoms with van der Waals surface area (Å²) in [5.41, 5.74) is 0.293. The van der Waals surface area contributed by atoms with Crippen molar-refractivity contribution in [3.05, 3.63) is 18.2 Å². The number of hydrogen-bond acceptors (Lipinski definition) is 5. The molecule has 1 saturated heterocycles. The van der Waals surface area contributed by atoms with E-state index in [9.17, 15) is 8.42 Å². The second-order valence-corrected chi connectivity index (χ2v) is 12.0. The summed E-state index contributed by atoms with van der Waals surface area (Å²) in [6, 6.07) is 5.41. The molecular formula is C22H34BNO5S. The van der Waals surface area contributed by atoms with Crippen LogP contribution in [0.1, 0.15) is 72.6 Å². The molecule has 2 saturated carbocycles. The van der Waals surface area contributed by atoms with Gasteiger partial charge in [0, 0.05) is 11.2 Å². The van der Waals surface area contributed by atoms with Gasteiger partial charge in [-0.25, -0.2) is 8.42 Å². The Kier molecular flexibility index (Phi) is 5.88. The summed E-state index contributed by atoms with van der Waals surface area (Å²) < 4.78 is 46.3. The minimum atomic E-state index is -3.34. The quantitative estimate of drug-likeness (QED) is 0.659. The molecule has 0 radical (unpaired) electrons. The molecule has 0 amide bonds. The summed E-state index contributed by atoms with van der Waals surface area (Å²) in [5.74, 6) is 1.27. The summed E-state index contributed by atoms with van der Waals surface area (Å²) in [6.45, 7) is 8.70. The van der Waals surface area contributed by atoms with Crippen LogP contribution in [0.4, 0.5) is 5.69 Å². The monoisotopic (exact) mass is 435 g/mol. The summed E-state index contributed by atoms with van der Waals surface area (Å²) in [5, 5.41) is -0.278. The van der Waals surface area contributed by atoms with Crippen LogP contribution in [0.3, 0.4) is 0 Å². The Labute approximate surface area is 181 Å². The molecule has 0 unspecified atom stereocenters. The second-order valence-electron chi connectivity index (χ2n) is 10.0. The largest absolute Gasteiger partial charge is 0.498 e. The minimum absolute atomic E-state index is 0.278. The van der Waals surface area contributed by atoms with Crippen LogP contribution in [0.2, 0.25) is 0 Å². The summed E-state index contributed by atoms with van der Waals surface area (Å²) in [7, 11) is -3.95. The Bertz CT molecular complexity index is 860. The first-order chi connectivity index (χ1) is 14.1. The van der Waals surface area contributed by atoms with E-state index in [1.165, 1.54) is 32.1 Å². The zero-order valence-corrected chi connectivity index (χ0v) is 19.4. The van der Waals surface area contributed by atoms with Crippen molar-refractivity contribution in [1.82, 2.24) is 0 Å². The Balaban J connectivity index is 1.58. The van der Waals surface area contributed by atoms with E-state index >= 15 is 0 Å². The van der Waals surface area contributed by atoms with Gasteiger partial charge in [-0.1, -0.05) is 19.3 Å². The Hall–Kier alpha value is -1.25. The zero-order valence-electron chi connectivity index (χ0n) is 18.6. The van der Waals surface area contributed by atoms with Gasteiger partial charge < -0.3 is 14.0 Å². The fraction of sp³-hybridized carbons (Fsp3) is 0.727. The van der Waals surface area contributed by atoms with E-state index < -0.39 is 28.3 Å². The van der Waals surface area contributed by atoms with Crippen molar-refractivity contribution in [2.45, 2.75) is 89.1 Å². The molecule has 2 aliphatic carbocycles. The third-order valence-electron chi connectivity index (χ3n) is 6.94. The second kappa shape index (κ2) is 8.03. The van der Waals surface area contributed by atoms with Crippen LogP contribution >= 0.6 is 0 Å². The summed E-state index contributed by atoms with van der Waals surface area (Å²) in [4.78, 5) is 0. The van der Waals surface area contributed by atoms with Gasteiger partial charge in [-0.05, 0) is 77.5 Å². The highest BCUT2D eigenvalue weighted by Gasteiger charge is 2.52. The van der Waals surface area contributed by atoms with Gasteiger partial charge in [0.1, 0.15) is 5.75 Å². The highest BCUT2D eigenvalue weighted by atomic mass is 32.2. The lowest BCUT2D eigenvalue weighted by atomic mass is 9.78. The van der Waals surface area contributed by atoms with Crippen LogP contribution in [0.15, 0.2) is 18.2 Å². The average molecular weight is 435 g/mol. The lowest BCUT2D eigenvalue weighted by molar-refractivity contribution is 0.00578. The van der Waals surface area contributed by atoms with Crippen molar-refractivity contribution in [1.29, 1.82) is 0 Å². The van der Waals surface area contributed by atoms with Crippen molar-refractivity contribution in [3.63, 3.8) is 0 Å². The first-order valence-corrected chi connectivity index (χ1v) is 12.8. The number of nitrogens with one attached hydrogen (secondary N) is 1. The molecule has 0 aromatic heterocycles. The van der Waals surface area contributed by atoms with E-state index in [2.05, 4.69) is 4.72 Å². The predicted octanol–water partition coefficient (Wildman–Crippen LogP) is 3.85. The topological polar surface area (TPSA) is 73.9 Å². The van der Waals surface area contributed by atoms with Crippen LogP contribution in [0, 0.1) is 5.92 Å². The molecule has 30 heavy (non-hydrogen) atoms. The molecule has 0 bridgehead atoms. The third kappa shape index (κ3) is 4.65. The van der Waals surface area contributed by atoms with Crippen molar-refractivity contribution in [2.24, 2.45) is 5.92 Å². The number of rotatable bonds is 7. The van der Waals surface area contributed by atoms with Crippen molar-refractivity contribution < 1.29 is 22.5 Å². The number of hydrogen-bond donors (Lipinski definition) is 1. The molecule has 6 nitrogen and oxygen atoms in total. The van der Waals surface area contributed by atoms with E-state index in [-0.39, 0.29) is 5.25 Å². The van der Waals surface area contributed by atoms with Gasteiger partial charge in [0.05, 0.1) is 23.1 Å². The van der Waals surface area contributed by atoms with Crippen molar-refractivity contribution in [3.8, 4) is 5.75 Å². The first kappa shape index (κ1) is 22.0. The van der Waals surface area contributed by atoms with Crippen LogP contribution in [-0.4, -0.2) is 38.6 Å². The maximum Gasteiger partial charge on any atom is 0.498 e. The number of ether oxygens (including phenoxy) is 1. The van der Waals surface area contributed by atoms with Crippen molar-refractivity contribution in [2.75, 3.05) is 11.3 Å². The van der Waals surface area contributed by atoms with Gasteiger partial charge in [0.15, 0.2) is 0 Å². The van der Waals surface area contributed by atoms with Gasteiger partial charge in [0.25, 0.3) is 0 Å². The first-order valence-electron chi connectivity index (χ1n) is 11.2. The lowest BCUT2D eigenvalue weighted by Gasteiger charge is -2.32. The Morgan fingerprint density at radius 1 is 1.03 bits per heavy atom. The minimum Gasteiger partial charge on any atom is -0.494 e. The van der Waals surface area contributed by atoms with E-state index in [0.717, 1.165) is 18.3 Å². The van der Waals surface area contributed by atoms with Crippen LogP contribution in [0.25, 0.3) is 0 Å². The molecule has 1 aromatic carbocycles. The molecule has 3 fully saturated rings. The van der Waals surface area contributed by atoms with Crippen LogP contribution in [-0.2, 0) is 19.3 Å². The molecule has 1 aromatic rings. The molecule has 1 N–H and O–H groups in total. The molecular weight excluding hydrogens is 401 g/mol. The van der Waals surface area contributed by atoms with Gasteiger partial charge >= 0.3 is 7.12 Å². The Morgan fingerprint density at radius 2 is 1.67 bits per heavy atom. The molecule has 166 valence electrons. The van der Waals surface area contributed by atoms with Gasteiger partial charge in [-0.2, -0.15) is 0 Å². The smallest absolute Gasteiger partial charge is 0.494 e. The lowest BCUT2D eigenvalue weighted by Crippen LogP contribution is -2.41. The molecule has 4 rings (SSSR count). The molecule has 0 spiro atoms. The zero-order chi connectivity index (χ0) is 21.6. The number of anilines is 1. The van der Waals surface area contributed by atoms with E-state index in [0.29, 0.717) is 24.0 Å². The average Bonchev–Trinajstić information content (AvgIpc) is 3.49. The molecule has 0 atom stereocenters. The third-order valence-corrected chi connectivity index (χ3v) is 8.81. The summed E-state index contributed by atoms with van der Waals surface area (Å²) in [6.07, 6.45) is 7.69. The van der Waals surface area contributed by atoms with E-state index in [4.69, 9.17) is 14.0 Å². The maximum atomic E-state index is 12.4. The number of sulfonamides is 1. The SMILES string of the molecule is CC1(C)OB(c2cc(NS(=O)(=O)C3CC3)ccc2OCC2CCCCC2)OC1(C)C. The normalized spacial score (nSPS) is 24.1. The Morgan fingerprint density at radius 3 is 2.27 bits per heavy atom. The van der Waals surface area contributed by atoms with Crippen LogP contribution in [0.5, 0.6) is 5.75 Å². The van der Waals surface area contributed by atoms with E-state index in [1.807, 2.05) is 33.8 Å². The predicted molar refractivity (Wildman–Crippen MR) is 120 cm³/mol. The molecule has 3 aliphatic rings. The maximum absolute atomic E-state index is 12.4. The van der Waals surface area contributed by atoms with Gasteiger partial charge in [-0.15, -0.1) is 0 Å². The fourth-order valence-electron chi connectivity index (χ4n) is 4.08. The van der Waals surface area contributed by atoms with Gasteiger partial charge in [0.2, 0.25) is 10.0 Å². The fourth-order valence-corrected chi connectivity index (χ4v) is 5.46.